The van der Waals surface area contributed by atoms with Crippen LogP contribution in [0.25, 0.3) is 0 Å². The van der Waals surface area contributed by atoms with Gasteiger partial charge in [0.25, 0.3) is 0 Å². The molecule has 0 amide bonds. The monoisotopic (exact) mass is 244 g/mol. The van der Waals surface area contributed by atoms with E-state index in [4.69, 9.17) is 0 Å². The van der Waals surface area contributed by atoms with Crippen LogP contribution in [0.2, 0.25) is 10.1 Å². The first-order valence-electron chi connectivity index (χ1n) is 3.09. The maximum absolute atomic E-state index is 2.37. The van der Waals surface area contributed by atoms with E-state index in [1.807, 2.05) is 0 Å². The second kappa shape index (κ2) is 3.27. The third-order valence-electron chi connectivity index (χ3n) is 1.42. The van der Waals surface area contributed by atoms with Crippen LogP contribution in [0.5, 0.6) is 0 Å². The van der Waals surface area contributed by atoms with Gasteiger partial charge in [-0.1, -0.05) is 0 Å². The third-order valence-corrected chi connectivity index (χ3v) is 10.7. The van der Waals surface area contributed by atoms with E-state index < -0.39 is 0 Å². The van der Waals surface area contributed by atoms with Crippen molar-refractivity contribution in [1.29, 1.82) is 0 Å². The van der Waals surface area contributed by atoms with Crippen molar-refractivity contribution in [3.05, 3.63) is 0 Å². The molecule has 1 atom stereocenters. The van der Waals surface area contributed by atoms with Crippen LogP contribution >= 0.6 is 0 Å². The van der Waals surface area contributed by atoms with Gasteiger partial charge in [0.05, 0.1) is 0 Å². The zero-order chi connectivity index (χ0) is 5.98. The number of rotatable bonds is 1. The normalized spacial score (nSPS) is 29.6. The molecule has 1 rings (SSSR count). The molecule has 0 nitrogen and oxygen atoms in total. The van der Waals surface area contributed by atoms with E-state index in [1.54, 1.807) is 11.7 Å². The summed E-state index contributed by atoms with van der Waals surface area (Å²) in [5.41, 5.74) is 0. The van der Waals surface area contributed by atoms with Crippen LogP contribution in [0.3, 0.4) is 0 Å². The molecule has 0 saturated carbocycles. The van der Waals surface area contributed by atoms with Crippen LogP contribution in [-0.2, 0) is 0 Å². The number of hydrogen-bond donors (Lipinski definition) is 0. The first-order valence-corrected chi connectivity index (χ1v) is 9.62. The molecule has 0 aliphatic carbocycles. The maximum atomic E-state index is 2.37. The summed E-state index contributed by atoms with van der Waals surface area (Å²) < 4.78 is 0. The van der Waals surface area contributed by atoms with Gasteiger partial charge in [0, 0.05) is 0 Å². The standard InChI is InChI=1S/C6H12Se2/c1-5(2)6-3-4-7-8-6/h5-6H,3-4H2,1-2H3. The van der Waals surface area contributed by atoms with E-state index in [9.17, 15) is 0 Å². The third kappa shape index (κ3) is 1.77. The summed E-state index contributed by atoms with van der Waals surface area (Å²) in [6.07, 6.45) is 1.55. The minimum atomic E-state index is 0.986. The SMILES string of the molecule is CC(C)C1CC[Se][Se]1. The van der Waals surface area contributed by atoms with E-state index in [0.717, 1.165) is 37.0 Å². The van der Waals surface area contributed by atoms with Crippen molar-refractivity contribution in [3.63, 3.8) is 0 Å². The summed E-state index contributed by atoms with van der Waals surface area (Å²) >= 11 is 2.16. The molecule has 2 heteroatoms. The summed E-state index contributed by atoms with van der Waals surface area (Å²) in [7, 11) is 0. The van der Waals surface area contributed by atoms with Crippen LogP contribution in [0.1, 0.15) is 20.3 Å². The summed E-state index contributed by atoms with van der Waals surface area (Å²) in [6.45, 7) is 4.74. The van der Waals surface area contributed by atoms with Crippen molar-refractivity contribution < 1.29 is 0 Å². The Morgan fingerprint density at radius 1 is 1.50 bits per heavy atom. The Bertz CT molecular complexity index is 64.9. The van der Waals surface area contributed by atoms with E-state index in [-0.39, 0.29) is 0 Å². The average Bonchev–Trinajstić information content (AvgIpc) is 2.12. The molecule has 1 saturated heterocycles. The Balaban J connectivity index is 2.24. The Morgan fingerprint density at radius 3 is 2.50 bits per heavy atom. The topological polar surface area (TPSA) is 0 Å². The molecule has 0 aromatic rings. The van der Waals surface area contributed by atoms with Crippen LogP contribution in [0, 0.1) is 5.92 Å². The molecular weight excluding hydrogens is 230 g/mol. The van der Waals surface area contributed by atoms with Gasteiger partial charge in [-0.05, 0) is 0 Å². The molecule has 1 aliphatic rings. The molecule has 1 heterocycles. The van der Waals surface area contributed by atoms with E-state index >= 15 is 0 Å². The van der Waals surface area contributed by atoms with Gasteiger partial charge in [0.15, 0.2) is 0 Å². The Morgan fingerprint density at radius 2 is 2.25 bits per heavy atom. The van der Waals surface area contributed by atoms with Crippen molar-refractivity contribution in [2.75, 3.05) is 0 Å². The molecule has 0 spiro atoms. The molecule has 0 aromatic carbocycles. The van der Waals surface area contributed by atoms with Gasteiger partial charge < -0.3 is 0 Å². The minimum absolute atomic E-state index is 0.986. The fourth-order valence-corrected chi connectivity index (χ4v) is 11.2. The molecule has 0 aromatic heterocycles. The Hall–Kier alpha value is 1.04. The molecule has 0 N–H and O–H groups in total. The summed E-state index contributed by atoms with van der Waals surface area (Å²) in [5, 5.41) is 1.58. The van der Waals surface area contributed by atoms with Gasteiger partial charge in [0.2, 0.25) is 0 Å². The first-order chi connectivity index (χ1) is 3.80. The molecule has 0 radical (unpaired) electrons. The van der Waals surface area contributed by atoms with Gasteiger partial charge in [0.1, 0.15) is 0 Å². The second-order valence-corrected chi connectivity index (χ2v) is 10.2. The summed E-state index contributed by atoms with van der Waals surface area (Å²) in [4.78, 5) is 1.16. The fourth-order valence-electron chi connectivity index (χ4n) is 0.792. The first kappa shape index (κ1) is 7.15. The van der Waals surface area contributed by atoms with E-state index in [2.05, 4.69) is 13.8 Å². The van der Waals surface area contributed by atoms with Crippen LogP contribution in [0.15, 0.2) is 0 Å². The van der Waals surface area contributed by atoms with Crippen LogP contribution in [0.4, 0.5) is 0 Å². The zero-order valence-electron chi connectivity index (χ0n) is 5.39. The molecule has 1 fully saturated rings. The van der Waals surface area contributed by atoms with E-state index in [1.165, 1.54) is 0 Å². The van der Waals surface area contributed by atoms with Crippen molar-refractivity contribution in [3.8, 4) is 0 Å². The van der Waals surface area contributed by atoms with E-state index in [0.29, 0.717) is 0 Å². The van der Waals surface area contributed by atoms with Gasteiger partial charge in [-0.2, -0.15) is 0 Å². The predicted molar refractivity (Wildman–Crippen MR) is 39.5 cm³/mol. The zero-order valence-corrected chi connectivity index (χ0v) is 8.81. The van der Waals surface area contributed by atoms with Gasteiger partial charge in [-0.15, -0.1) is 0 Å². The number of hydrogen-bond acceptors (Lipinski definition) is 0. The van der Waals surface area contributed by atoms with Crippen molar-refractivity contribution in [2.45, 2.75) is 30.4 Å². The fraction of sp³-hybridized carbons (Fsp3) is 1.00. The van der Waals surface area contributed by atoms with Crippen LogP contribution < -0.4 is 0 Å². The summed E-state index contributed by atoms with van der Waals surface area (Å²) in [5.74, 6) is 0.986. The molecule has 1 aliphatic heterocycles. The Kier molecular flexibility index (Phi) is 2.92. The quantitative estimate of drug-likeness (QED) is 0.612. The summed E-state index contributed by atoms with van der Waals surface area (Å²) in [6, 6.07) is 0. The molecule has 1 unspecified atom stereocenters. The molecular formula is C6H12Se2. The van der Waals surface area contributed by atoms with Gasteiger partial charge in [-0.25, -0.2) is 0 Å². The van der Waals surface area contributed by atoms with Gasteiger partial charge >= 0.3 is 62.6 Å². The van der Waals surface area contributed by atoms with Crippen molar-refractivity contribution in [1.82, 2.24) is 0 Å². The molecule has 48 valence electrons. The molecule has 0 bridgehead atoms. The predicted octanol–water partition coefficient (Wildman–Crippen LogP) is 1.58. The van der Waals surface area contributed by atoms with Crippen molar-refractivity contribution >= 4 is 26.3 Å². The Labute approximate surface area is 62.7 Å². The van der Waals surface area contributed by atoms with Crippen LogP contribution in [-0.4, -0.2) is 26.3 Å². The van der Waals surface area contributed by atoms with Crippen molar-refractivity contribution in [2.24, 2.45) is 5.92 Å². The second-order valence-electron chi connectivity index (χ2n) is 2.49. The molecule has 8 heavy (non-hydrogen) atoms. The average molecular weight is 242 g/mol. The van der Waals surface area contributed by atoms with Gasteiger partial charge in [-0.3, -0.25) is 0 Å².